The molecule has 0 aliphatic heterocycles. The Labute approximate surface area is 129 Å². The molecule has 0 saturated heterocycles. The fourth-order valence-corrected chi connectivity index (χ4v) is 1.75. The van der Waals surface area contributed by atoms with Crippen molar-refractivity contribution < 1.29 is 19.1 Å². The van der Waals surface area contributed by atoms with Gasteiger partial charge in [-0.05, 0) is 38.0 Å². The minimum absolute atomic E-state index is 0.0450. The highest BCUT2D eigenvalue weighted by atomic mass is 19.1. The number of aliphatic hydroxyl groups is 1. The van der Waals surface area contributed by atoms with Gasteiger partial charge in [0.1, 0.15) is 5.82 Å². The smallest absolute Gasteiger partial charge is 0.251 e. The number of benzene rings is 1. The normalized spacial score (nSPS) is 11.4. The minimum Gasteiger partial charge on any atom is -0.394 e. The summed E-state index contributed by atoms with van der Waals surface area (Å²) in [5, 5.41) is 14.2. The monoisotopic (exact) mass is 310 g/mol. The lowest BCUT2D eigenvalue weighted by Crippen LogP contribution is -2.46. The third-order valence-corrected chi connectivity index (χ3v) is 2.95. The van der Waals surface area contributed by atoms with E-state index in [2.05, 4.69) is 10.6 Å². The van der Waals surface area contributed by atoms with Crippen molar-refractivity contribution >= 4 is 17.5 Å². The Morgan fingerprint density at radius 2 is 1.95 bits per heavy atom. The molecule has 1 aromatic carbocycles. The highest BCUT2D eigenvalue weighted by molar-refractivity contribution is 5.96. The average molecular weight is 310 g/mol. The maximum absolute atomic E-state index is 14.0. The molecule has 2 amide bonds. The maximum Gasteiger partial charge on any atom is 0.251 e. The first kappa shape index (κ1) is 18.1. The summed E-state index contributed by atoms with van der Waals surface area (Å²) in [6.45, 7) is 6.87. The SMILES string of the molecule is CC(C)CC(=O)Nc1ccc(C(=O)NC(C)(C)CO)cc1F. The van der Waals surface area contributed by atoms with Crippen molar-refractivity contribution in [3.8, 4) is 0 Å². The molecular formula is C16H23FN2O3. The van der Waals surface area contributed by atoms with Crippen molar-refractivity contribution in [1.29, 1.82) is 0 Å². The van der Waals surface area contributed by atoms with Crippen molar-refractivity contribution in [2.75, 3.05) is 11.9 Å². The van der Waals surface area contributed by atoms with Gasteiger partial charge >= 0.3 is 0 Å². The number of halogens is 1. The van der Waals surface area contributed by atoms with E-state index >= 15 is 0 Å². The Balaban J connectivity index is 2.81. The Morgan fingerprint density at radius 3 is 2.45 bits per heavy atom. The quantitative estimate of drug-likeness (QED) is 0.754. The van der Waals surface area contributed by atoms with Crippen LogP contribution in [0.3, 0.4) is 0 Å². The lowest BCUT2D eigenvalue weighted by molar-refractivity contribution is -0.116. The third kappa shape index (κ3) is 5.44. The van der Waals surface area contributed by atoms with Crippen LogP contribution in [0.15, 0.2) is 18.2 Å². The van der Waals surface area contributed by atoms with Gasteiger partial charge in [0.05, 0.1) is 17.8 Å². The molecule has 22 heavy (non-hydrogen) atoms. The van der Waals surface area contributed by atoms with Crippen LogP contribution in [0.25, 0.3) is 0 Å². The average Bonchev–Trinajstić information content (AvgIpc) is 2.39. The van der Waals surface area contributed by atoms with Crippen LogP contribution in [-0.2, 0) is 4.79 Å². The molecule has 5 nitrogen and oxygen atoms in total. The first-order chi connectivity index (χ1) is 10.1. The molecule has 0 radical (unpaired) electrons. The highest BCUT2D eigenvalue weighted by Crippen LogP contribution is 2.17. The van der Waals surface area contributed by atoms with Crippen LogP contribution in [0.2, 0.25) is 0 Å². The van der Waals surface area contributed by atoms with Gasteiger partial charge in [-0.3, -0.25) is 9.59 Å². The molecule has 1 aromatic rings. The maximum atomic E-state index is 14.0. The van der Waals surface area contributed by atoms with E-state index in [9.17, 15) is 14.0 Å². The van der Waals surface area contributed by atoms with Crippen molar-refractivity contribution in [3.63, 3.8) is 0 Å². The summed E-state index contributed by atoms with van der Waals surface area (Å²) in [6.07, 6.45) is 0.298. The number of amides is 2. The number of rotatable bonds is 6. The minimum atomic E-state index is -0.794. The molecule has 3 N–H and O–H groups in total. The zero-order chi connectivity index (χ0) is 16.9. The fourth-order valence-electron chi connectivity index (χ4n) is 1.75. The molecule has 0 aliphatic rings. The number of anilines is 1. The van der Waals surface area contributed by atoms with Crippen LogP contribution in [0.4, 0.5) is 10.1 Å². The van der Waals surface area contributed by atoms with Gasteiger partial charge in [-0.2, -0.15) is 0 Å². The molecule has 0 aromatic heterocycles. The Hall–Kier alpha value is -1.95. The van der Waals surface area contributed by atoms with Crippen molar-refractivity contribution in [2.45, 2.75) is 39.7 Å². The summed E-state index contributed by atoms with van der Waals surface area (Å²) in [5.41, 5.74) is -0.623. The molecule has 0 spiro atoms. The van der Waals surface area contributed by atoms with Gasteiger partial charge in [0.2, 0.25) is 5.91 Å². The van der Waals surface area contributed by atoms with Crippen LogP contribution >= 0.6 is 0 Å². The van der Waals surface area contributed by atoms with Crippen LogP contribution in [-0.4, -0.2) is 29.1 Å². The van der Waals surface area contributed by atoms with E-state index in [1.165, 1.54) is 12.1 Å². The largest absolute Gasteiger partial charge is 0.394 e. The van der Waals surface area contributed by atoms with Gasteiger partial charge in [0.15, 0.2) is 0 Å². The van der Waals surface area contributed by atoms with Crippen LogP contribution in [0.5, 0.6) is 0 Å². The van der Waals surface area contributed by atoms with Crippen LogP contribution < -0.4 is 10.6 Å². The van der Waals surface area contributed by atoms with E-state index in [1.807, 2.05) is 13.8 Å². The van der Waals surface area contributed by atoms with Gasteiger partial charge < -0.3 is 15.7 Å². The van der Waals surface area contributed by atoms with E-state index in [1.54, 1.807) is 13.8 Å². The second kappa shape index (κ2) is 7.35. The van der Waals surface area contributed by atoms with Crippen LogP contribution in [0, 0.1) is 11.7 Å². The number of nitrogens with one attached hydrogen (secondary N) is 2. The molecule has 1 rings (SSSR count). The van der Waals surface area contributed by atoms with Gasteiger partial charge in [0.25, 0.3) is 5.91 Å². The number of hydrogen-bond donors (Lipinski definition) is 3. The molecule has 0 bridgehead atoms. The first-order valence-corrected chi connectivity index (χ1v) is 7.17. The van der Waals surface area contributed by atoms with Gasteiger partial charge in [-0.1, -0.05) is 13.8 Å². The number of aliphatic hydroxyl groups excluding tert-OH is 1. The second-order valence-corrected chi connectivity index (χ2v) is 6.34. The van der Waals surface area contributed by atoms with Crippen molar-refractivity contribution in [1.82, 2.24) is 5.32 Å². The summed E-state index contributed by atoms with van der Waals surface area (Å²) in [7, 11) is 0. The lowest BCUT2D eigenvalue weighted by atomic mass is 10.1. The molecule has 0 saturated carbocycles. The third-order valence-electron chi connectivity index (χ3n) is 2.95. The van der Waals surface area contributed by atoms with E-state index in [0.29, 0.717) is 6.42 Å². The number of hydrogen-bond acceptors (Lipinski definition) is 3. The summed E-state index contributed by atoms with van der Waals surface area (Å²) in [5.74, 6) is -1.26. The van der Waals surface area contributed by atoms with E-state index < -0.39 is 17.3 Å². The van der Waals surface area contributed by atoms with Crippen molar-refractivity contribution in [3.05, 3.63) is 29.6 Å². The zero-order valence-electron chi connectivity index (χ0n) is 13.4. The molecule has 6 heteroatoms. The summed E-state index contributed by atoms with van der Waals surface area (Å²) in [4.78, 5) is 23.6. The molecule has 122 valence electrons. The first-order valence-electron chi connectivity index (χ1n) is 7.17. The molecular weight excluding hydrogens is 287 g/mol. The molecule has 0 unspecified atom stereocenters. The Morgan fingerprint density at radius 1 is 1.32 bits per heavy atom. The Bertz CT molecular complexity index is 556. The van der Waals surface area contributed by atoms with E-state index in [-0.39, 0.29) is 29.7 Å². The van der Waals surface area contributed by atoms with Gasteiger partial charge in [0, 0.05) is 12.0 Å². The summed E-state index contributed by atoms with van der Waals surface area (Å²) in [6, 6.07) is 3.85. The fraction of sp³-hybridized carbons (Fsp3) is 0.500. The summed E-state index contributed by atoms with van der Waals surface area (Å²) < 4.78 is 14.0. The molecule has 0 atom stereocenters. The highest BCUT2D eigenvalue weighted by Gasteiger charge is 2.20. The zero-order valence-corrected chi connectivity index (χ0v) is 13.4. The standard InChI is InChI=1S/C16H23FN2O3/c1-10(2)7-14(21)18-13-6-5-11(8-12(13)17)15(22)19-16(3,4)9-20/h5-6,8,10,20H,7,9H2,1-4H3,(H,18,21)(H,19,22). The molecule has 0 fully saturated rings. The predicted molar refractivity (Wildman–Crippen MR) is 83.1 cm³/mol. The number of carbonyl (C=O) groups excluding carboxylic acids is 2. The Kier molecular flexibility index (Phi) is 6.05. The van der Waals surface area contributed by atoms with Gasteiger partial charge in [-0.25, -0.2) is 4.39 Å². The topological polar surface area (TPSA) is 78.4 Å². The van der Waals surface area contributed by atoms with Crippen molar-refractivity contribution in [2.24, 2.45) is 5.92 Å². The van der Waals surface area contributed by atoms with E-state index in [4.69, 9.17) is 5.11 Å². The molecule has 0 aliphatic carbocycles. The summed E-state index contributed by atoms with van der Waals surface area (Å²) >= 11 is 0. The molecule has 0 heterocycles. The van der Waals surface area contributed by atoms with Gasteiger partial charge in [-0.15, -0.1) is 0 Å². The lowest BCUT2D eigenvalue weighted by Gasteiger charge is -2.23. The number of carbonyl (C=O) groups is 2. The predicted octanol–water partition coefficient (Wildman–Crippen LogP) is 2.31. The van der Waals surface area contributed by atoms with E-state index in [0.717, 1.165) is 6.07 Å². The van der Waals surface area contributed by atoms with Crippen LogP contribution in [0.1, 0.15) is 44.5 Å². The second-order valence-electron chi connectivity index (χ2n) is 6.34.